The second kappa shape index (κ2) is 6.51. The third-order valence-corrected chi connectivity index (χ3v) is 2.49. The van der Waals surface area contributed by atoms with Gasteiger partial charge in [0.25, 0.3) is 6.43 Å². The van der Waals surface area contributed by atoms with Crippen LogP contribution in [0, 0.1) is 0 Å². The highest BCUT2D eigenvalue weighted by molar-refractivity contribution is 6.33. The van der Waals surface area contributed by atoms with Gasteiger partial charge in [-0.2, -0.15) is 0 Å². The van der Waals surface area contributed by atoms with Gasteiger partial charge in [-0.05, 0) is 12.1 Å². The van der Waals surface area contributed by atoms with Gasteiger partial charge in [0, 0.05) is 12.1 Å². The van der Waals surface area contributed by atoms with Crippen molar-refractivity contribution in [2.45, 2.75) is 6.43 Å². The molecule has 1 aromatic carbocycles. The molecule has 17 heavy (non-hydrogen) atoms. The first-order valence-corrected chi connectivity index (χ1v) is 5.35. The molecule has 94 valence electrons. The van der Waals surface area contributed by atoms with Crippen LogP contribution < -0.4 is 4.90 Å². The number of carbonyl (C=O) groups excluding carboxylic acids is 1. The highest BCUT2D eigenvalue weighted by Crippen LogP contribution is 2.29. The Bertz CT molecular complexity index is 388. The Labute approximate surface area is 103 Å². The number of nitrogens with zero attached hydrogens (tertiary/aromatic N) is 1. The highest BCUT2D eigenvalue weighted by atomic mass is 35.5. The summed E-state index contributed by atoms with van der Waals surface area (Å²) < 4.78 is 24.8. The molecule has 0 fully saturated rings. The average molecular weight is 264 g/mol. The molecule has 0 aromatic heterocycles. The number of aldehydes is 1. The molecule has 6 heteroatoms. The Hall–Kier alpha value is -1.20. The first kappa shape index (κ1) is 13.9. The van der Waals surface area contributed by atoms with Crippen molar-refractivity contribution in [3.8, 4) is 0 Å². The van der Waals surface area contributed by atoms with Gasteiger partial charge in [-0.25, -0.2) is 8.78 Å². The summed E-state index contributed by atoms with van der Waals surface area (Å²) in [6, 6.07) is 4.57. The number of benzene rings is 1. The average Bonchev–Trinajstić information content (AvgIpc) is 2.27. The maximum absolute atomic E-state index is 12.4. The first-order valence-electron chi connectivity index (χ1n) is 4.97. The quantitative estimate of drug-likeness (QED) is 0.800. The monoisotopic (exact) mass is 263 g/mol. The molecule has 0 saturated heterocycles. The zero-order valence-corrected chi connectivity index (χ0v) is 9.70. The van der Waals surface area contributed by atoms with Crippen molar-refractivity contribution in [3.05, 3.63) is 28.8 Å². The van der Waals surface area contributed by atoms with E-state index in [9.17, 15) is 13.6 Å². The molecule has 0 saturated carbocycles. The van der Waals surface area contributed by atoms with Crippen LogP contribution in [0.3, 0.4) is 0 Å². The molecule has 1 N–H and O–H groups in total. The van der Waals surface area contributed by atoms with Gasteiger partial charge in [0.15, 0.2) is 6.29 Å². The predicted molar refractivity (Wildman–Crippen MR) is 62.1 cm³/mol. The van der Waals surface area contributed by atoms with E-state index in [4.69, 9.17) is 16.7 Å². The number of hydrogen-bond donors (Lipinski definition) is 1. The van der Waals surface area contributed by atoms with Crippen LogP contribution in [0.2, 0.25) is 5.02 Å². The molecule has 0 aliphatic rings. The molecule has 0 aliphatic carbocycles. The van der Waals surface area contributed by atoms with E-state index in [-0.39, 0.29) is 29.4 Å². The smallest absolute Gasteiger partial charge is 0.255 e. The van der Waals surface area contributed by atoms with E-state index >= 15 is 0 Å². The molecule has 1 rings (SSSR count). The van der Waals surface area contributed by atoms with Crippen LogP contribution in [0.1, 0.15) is 10.4 Å². The standard InChI is InChI=1S/C11H12ClF2NO2/c12-9-3-1-2-8(7-17)11(9)15(4-5-16)6-10(13)14/h1-3,7,10,16H,4-6H2. The normalized spacial score (nSPS) is 10.6. The molecule has 0 spiro atoms. The van der Waals surface area contributed by atoms with Crippen LogP contribution in [0.5, 0.6) is 0 Å². The number of rotatable bonds is 6. The lowest BCUT2D eigenvalue weighted by Crippen LogP contribution is -2.32. The van der Waals surface area contributed by atoms with E-state index in [1.165, 1.54) is 17.0 Å². The Kier molecular flexibility index (Phi) is 5.31. The van der Waals surface area contributed by atoms with E-state index in [2.05, 4.69) is 0 Å². The van der Waals surface area contributed by atoms with Gasteiger partial charge in [-0.1, -0.05) is 17.7 Å². The minimum absolute atomic E-state index is 0.00505. The van der Waals surface area contributed by atoms with E-state index in [0.29, 0.717) is 6.29 Å². The SMILES string of the molecule is O=Cc1cccc(Cl)c1N(CCO)CC(F)F. The van der Waals surface area contributed by atoms with Gasteiger partial charge >= 0.3 is 0 Å². The zero-order valence-electron chi connectivity index (χ0n) is 8.94. The fourth-order valence-electron chi connectivity index (χ4n) is 1.54. The number of para-hydroxylation sites is 1. The van der Waals surface area contributed by atoms with Gasteiger partial charge in [-0.15, -0.1) is 0 Å². The van der Waals surface area contributed by atoms with Gasteiger partial charge in [0.2, 0.25) is 0 Å². The van der Waals surface area contributed by atoms with Crippen molar-refractivity contribution in [3.63, 3.8) is 0 Å². The summed E-state index contributed by atoms with van der Waals surface area (Å²) in [5.74, 6) is 0. The molecule has 0 atom stereocenters. The second-order valence-electron chi connectivity index (χ2n) is 3.36. The molecular weight excluding hydrogens is 252 g/mol. The number of aliphatic hydroxyl groups is 1. The molecule has 0 unspecified atom stereocenters. The fraction of sp³-hybridized carbons (Fsp3) is 0.364. The fourth-order valence-corrected chi connectivity index (χ4v) is 1.84. The number of hydrogen-bond acceptors (Lipinski definition) is 3. The van der Waals surface area contributed by atoms with Gasteiger partial charge in [0.1, 0.15) is 0 Å². The maximum Gasteiger partial charge on any atom is 0.255 e. The van der Waals surface area contributed by atoms with Crippen LogP contribution in [0.25, 0.3) is 0 Å². The second-order valence-corrected chi connectivity index (χ2v) is 3.76. The van der Waals surface area contributed by atoms with Crippen LogP contribution in [0.4, 0.5) is 14.5 Å². The van der Waals surface area contributed by atoms with E-state index < -0.39 is 13.0 Å². The highest BCUT2D eigenvalue weighted by Gasteiger charge is 2.18. The number of aliphatic hydroxyl groups excluding tert-OH is 1. The predicted octanol–water partition coefficient (Wildman–Crippen LogP) is 2.22. The summed E-state index contributed by atoms with van der Waals surface area (Å²) in [5.41, 5.74) is 0.463. The number of alkyl halides is 2. The van der Waals surface area contributed by atoms with E-state index in [0.717, 1.165) is 0 Å². The minimum Gasteiger partial charge on any atom is -0.395 e. The van der Waals surface area contributed by atoms with Crippen LogP contribution in [-0.4, -0.2) is 37.5 Å². The van der Waals surface area contributed by atoms with Gasteiger partial charge < -0.3 is 10.0 Å². The molecule has 0 heterocycles. The number of halogens is 3. The zero-order chi connectivity index (χ0) is 12.8. The first-order chi connectivity index (χ1) is 8.10. The van der Waals surface area contributed by atoms with Crippen molar-refractivity contribution in [1.29, 1.82) is 0 Å². The van der Waals surface area contributed by atoms with E-state index in [1.54, 1.807) is 6.07 Å². The Morgan fingerprint density at radius 2 is 2.18 bits per heavy atom. The molecule has 1 aromatic rings. The van der Waals surface area contributed by atoms with Crippen molar-refractivity contribution in [1.82, 2.24) is 0 Å². The Morgan fingerprint density at radius 3 is 2.71 bits per heavy atom. The van der Waals surface area contributed by atoms with Crippen molar-refractivity contribution >= 4 is 23.6 Å². The van der Waals surface area contributed by atoms with Crippen molar-refractivity contribution in [2.24, 2.45) is 0 Å². The Morgan fingerprint density at radius 1 is 1.47 bits per heavy atom. The molecule has 0 aliphatic heterocycles. The molecule has 0 bridgehead atoms. The molecule has 0 amide bonds. The van der Waals surface area contributed by atoms with Crippen LogP contribution in [0.15, 0.2) is 18.2 Å². The summed E-state index contributed by atoms with van der Waals surface area (Å²) in [5, 5.41) is 9.06. The van der Waals surface area contributed by atoms with E-state index in [1.807, 2.05) is 0 Å². The lowest BCUT2D eigenvalue weighted by atomic mass is 10.1. The third-order valence-electron chi connectivity index (χ3n) is 2.19. The number of anilines is 1. The topological polar surface area (TPSA) is 40.5 Å². The van der Waals surface area contributed by atoms with Crippen LogP contribution in [-0.2, 0) is 0 Å². The summed E-state index contributed by atoms with van der Waals surface area (Å²) >= 11 is 5.90. The molecule has 0 radical (unpaired) electrons. The Balaban J connectivity index is 3.11. The van der Waals surface area contributed by atoms with Gasteiger partial charge in [-0.3, -0.25) is 4.79 Å². The third kappa shape index (κ3) is 3.64. The number of carbonyl (C=O) groups is 1. The maximum atomic E-state index is 12.4. The van der Waals surface area contributed by atoms with Gasteiger partial charge in [0.05, 0.1) is 23.9 Å². The lowest BCUT2D eigenvalue weighted by molar-refractivity contribution is 0.112. The minimum atomic E-state index is -2.57. The van der Waals surface area contributed by atoms with Crippen molar-refractivity contribution < 1.29 is 18.7 Å². The molecular formula is C11H12ClF2NO2. The van der Waals surface area contributed by atoms with Crippen LogP contribution >= 0.6 is 11.6 Å². The summed E-state index contributed by atoms with van der Waals surface area (Å²) in [4.78, 5) is 12.0. The summed E-state index contributed by atoms with van der Waals surface area (Å²) in [6.07, 6.45) is -2.02. The summed E-state index contributed by atoms with van der Waals surface area (Å²) in [6.45, 7) is -0.879. The largest absolute Gasteiger partial charge is 0.395 e. The molecule has 3 nitrogen and oxygen atoms in total. The summed E-state index contributed by atoms with van der Waals surface area (Å²) in [7, 11) is 0. The lowest BCUT2D eigenvalue weighted by Gasteiger charge is -2.25. The van der Waals surface area contributed by atoms with Crippen molar-refractivity contribution in [2.75, 3.05) is 24.6 Å².